The number of hydrogen-bond donors (Lipinski definition) is 1. The van der Waals surface area contributed by atoms with Crippen LogP contribution in [0.5, 0.6) is 0 Å². The van der Waals surface area contributed by atoms with Crippen LogP contribution in [-0.4, -0.2) is 18.4 Å². The Labute approximate surface area is 148 Å². The van der Waals surface area contributed by atoms with E-state index in [1.807, 2.05) is 42.5 Å². The molecule has 3 rings (SSSR count). The van der Waals surface area contributed by atoms with Gasteiger partial charge in [0.2, 0.25) is 5.91 Å². The van der Waals surface area contributed by atoms with E-state index in [2.05, 4.69) is 26.1 Å². The topological polar surface area (TPSA) is 49.4 Å². The average Bonchev–Trinajstić information content (AvgIpc) is 3.00. The molecule has 2 aromatic carbocycles. The highest BCUT2D eigenvalue weighted by molar-refractivity contribution is 6.11. The SMILES string of the molecule is CC(C)(C)c1ccc(NC(=O)c2ccccc2N2CCCC2=O)cc1. The third kappa shape index (κ3) is 3.73. The van der Waals surface area contributed by atoms with Crippen molar-refractivity contribution in [2.24, 2.45) is 0 Å². The molecule has 1 aliphatic rings. The van der Waals surface area contributed by atoms with Crippen LogP contribution in [0.4, 0.5) is 11.4 Å². The van der Waals surface area contributed by atoms with Gasteiger partial charge in [0.25, 0.3) is 5.91 Å². The van der Waals surface area contributed by atoms with Crippen molar-refractivity contribution in [3.8, 4) is 0 Å². The van der Waals surface area contributed by atoms with E-state index >= 15 is 0 Å². The largest absolute Gasteiger partial charge is 0.322 e. The van der Waals surface area contributed by atoms with Gasteiger partial charge in [0, 0.05) is 18.7 Å². The van der Waals surface area contributed by atoms with Gasteiger partial charge in [-0.15, -0.1) is 0 Å². The highest BCUT2D eigenvalue weighted by Gasteiger charge is 2.25. The molecule has 1 fully saturated rings. The summed E-state index contributed by atoms with van der Waals surface area (Å²) < 4.78 is 0. The summed E-state index contributed by atoms with van der Waals surface area (Å²) in [5, 5.41) is 2.94. The van der Waals surface area contributed by atoms with Crippen molar-refractivity contribution < 1.29 is 9.59 Å². The molecule has 4 heteroatoms. The number of amides is 2. The first-order chi connectivity index (χ1) is 11.9. The fourth-order valence-corrected chi connectivity index (χ4v) is 3.06. The molecule has 4 nitrogen and oxygen atoms in total. The van der Waals surface area contributed by atoms with Gasteiger partial charge >= 0.3 is 0 Å². The predicted molar refractivity (Wildman–Crippen MR) is 101 cm³/mol. The summed E-state index contributed by atoms with van der Waals surface area (Å²) in [5.74, 6) is -0.117. The Bertz CT molecular complexity index is 788. The van der Waals surface area contributed by atoms with Crippen LogP contribution in [0.2, 0.25) is 0 Å². The molecule has 1 N–H and O–H groups in total. The summed E-state index contributed by atoms with van der Waals surface area (Å²) in [6, 6.07) is 15.2. The van der Waals surface area contributed by atoms with Gasteiger partial charge in [-0.1, -0.05) is 45.0 Å². The van der Waals surface area contributed by atoms with E-state index in [1.165, 1.54) is 5.56 Å². The lowest BCUT2D eigenvalue weighted by atomic mass is 9.87. The van der Waals surface area contributed by atoms with Crippen molar-refractivity contribution in [2.45, 2.75) is 39.0 Å². The Hall–Kier alpha value is -2.62. The highest BCUT2D eigenvalue weighted by atomic mass is 16.2. The van der Waals surface area contributed by atoms with E-state index in [0.29, 0.717) is 24.2 Å². The van der Waals surface area contributed by atoms with Crippen molar-refractivity contribution in [3.63, 3.8) is 0 Å². The first-order valence-electron chi connectivity index (χ1n) is 8.67. The maximum Gasteiger partial charge on any atom is 0.257 e. The molecule has 0 aromatic heterocycles. The fourth-order valence-electron chi connectivity index (χ4n) is 3.06. The predicted octanol–water partition coefficient (Wildman–Crippen LogP) is 4.36. The van der Waals surface area contributed by atoms with Crippen LogP contribution < -0.4 is 10.2 Å². The summed E-state index contributed by atoms with van der Waals surface area (Å²) >= 11 is 0. The number of carbonyl (C=O) groups excluding carboxylic acids is 2. The minimum Gasteiger partial charge on any atom is -0.322 e. The van der Waals surface area contributed by atoms with Crippen LogP contribution in [0.3, 0.4) is 0 Å². The molecule has 0 radical (unpaired) electrons. The molecule has 0 saturated carbocycles. The molecule has 0 atom stereocenters. The second-order valence-corrected chi connectivity index (χ2v) is 7.45. The van der Waals surface area contributed by atoms with Crippen LogP contribution in [0, 0.1) is 0 Å². The van der Waals surface area contributed by atoms with E-state index in [-0.39, 0.29) is 17.2 Å². The van der Waals surface area contributed by atoms with E-state index in [1.54, 1.807) is 11.0 Å². The first kappa shape index (κ1) is 17.2. The third-order valence-electron chi connectivity index (χ3n) is 4.52. The smallest absolute Gasteiger partial charge is 0.257 e. The van der Waals surface area contributed by atoms with Gasteiger partial charge in [-0.05, 0) is 41.7 Å². The molecule has 1 saturated heterocycles. The molecule has 2 aromatic rings. The molecule has 25 heavy (non-hydrogen) atoms. The maximum atomic E-state index is 12.7. The van der Waals surface area contributed by atoms with Crippen LogP contribution >= 0.6 is 0 Å². The standard InChI is InChI=1S/C21H24N2O2/c1-21(2,3)15-10-12-16(13-11-15)22-20(25)17-7-4-5-8-18(17)23-14-6-9-19(23)24/h4-5,7-8,10-13H,6,9,14H2,1-3H3,(H,22,25). The molecular weight excluding hydrogens is 312 g/mol. The van der Waals surface area contributed by atoms with E-state index in [4.69, 9.17) is 0 Å². The first-order valence-corrected chi connectivity index (χ1v) is 8.67. The van der Waals surface area contributed by atoms with E-state index in [9.17, 15) is 9.59 Å². The Morgan fingerprint density at radius 2 is 1.72 bits per heavy atom. The Balaban J connectivity index is 1.81. The average molecular weight is 336 g/mol. The van der Waals surface area contributed by atoms with Crippen LogP contribution in [-0.2, 0) is 10.2 Å². The summed E-state index contributed by atoms with van der Waals surface area (Å²) in [6.07, 6.45) is 1.38. The number of carbonyl (C=O) groups is 2. The number of hydrogen-bond acceptors (Lipinski definition) is 2. The van der Waals surface area contributed by atoms with Crippen molar-refractivity contribution in [2.75, 3.05) is 16.8 Å². The lowest BCUT2D eigenvalue weighted by Gasteiger charge is -2.20. The van der Waals surface area contributed by atoms with Gasteiger partial charge in [0.15, 0.2) is 0 Å². The van der Waals surface area contributed by atoms with Gasteiger partial charge in [0.05, 0.1) is 11.3 Å². The Morgan fingerprint density at radius 3 is 2.32 bits per heavy atom. The summed E-state index contributed by atoms with van der Waals surface area (Å²) in [4.78, 5) is 26.5. The lowest BCUT2D eigenvalue weighted by Crippen LogP contribution is -2.27. The fraction of sp³-hybridized carbons (Fsp3) is 0.333. The number of para-hydroxylation sites is 1. The summed E-state index contributed by atoms with van der Waals surface area (Å²) in [5.41, 5.74) is 3.26. The number of nitrogens with one attached hydrogen (secondary N) is 1. The molecule has 0 bridgehead atoms. The van der Waals surface area contributed by atoms with Crippen molar-refractivity contribution in [1.29, 1.82) is 0 Å². The quantitative estimate of drug-likeness (QED) is 0.905. The zero-order chi connectivity index (χ0) is 18.0. The number of benzene rings is 2. The van der Waals surface area contributed by atoms with Crippen molar-refractivity contribution in [3.05, 3.63) is 59.7 Å². The molecule has 130 valence electrons. The minimum atomic E-state index is -0.196. The number of anilines is 2. The molecule has 1 aliphatic heterocycles. The zero-order valence-corrected chi connectivity index (χ0v) is 15.0. The molecule has 0 aliphatic carbocycles. The van der Waals surface area contributed by atoms with E-state index < -0.39 is 0 Å². The van der Waals surface area contributed by atoms with Crippen molar-refractivity contribution in [1.82, 2.24) is 0 Å². The maximum absolute atomic E-state index is 12.7. The highest BCUT2D eigenvalue weighted by Crippen LogP contribution is 2.27. The lowest BCUT2D eigenvalue weighted by molar-refractivity contribution is -0.117. The third-order valence-corrected chi connectivity index (χ3v) is 4.52. The van der Waals surface area contributed by atoms with Gasteiger partial charge in [0.1, 0.15) is 0 Å². The van der Waals surface area contributed by atoms with Crippen LogP contribution in [0.1, 0.15) is 49.5 Å². The Morgan fingerprint density at radius 1 is 1.04 bits per heavy atom. The summed E-state index contributed by atoms with van der Waals surface area (Å²) in [7, 11) is 0. The van der Waals surface area contributed by atoms with Crippen LogP contribution in [0.15, 0.2) is 48.5 Å². The molecule has 1 heterocycles. The molecule has 2 amide bonds. The number of nitrogens with zero attached hydrogens (tertiary/aromatic N) is 1. The van der Waals surface area contributed by atoms with Gasteiger partial charge in [-0.3, -0.25) is 9.59 Å². The zero-order valence-electron chi connectivity index (χ0n) is 15.0. The van der Waals surface area contributed by atoms with Gasteiger partial charge in [-0.25, -0.2) is 0 Å². The second-order valence-electron chi connectivity index (χ2n) is 7.45. The normalized spacial score (nSPS) is 14.7. The second kappa shape index (κ2) is 6.71. The minimum absolute atomic E-state index is 0.0747. The molecular formula is C21H24N2O2. The van der Waals surface area contributed by atoms with Crippen LogP contribution in [0.25, 0.3) is 0 Å². The Kier molecular flexibility index (Phi) is 4.62. The monoisotopic (exact) mass is 336 g/mol. The van der Waals surface area contributed by atoms with E-state index in [0.717, 1.165) is 12.1 Å². The van der Waals surface area contributed by atoms with Gasteiger partial charge in [-0.2, -0.15) is 0 Å². The summed E-state index contributed by atoms with van der Waals surface area (Å²) in [6.45, 7) is 7.14. The number of rotatable bonds is 3. The van der Waals surface area contributed by atoms with Gasteiger partial charge < -0.3 is 10.2 Å². The molecule has 0 unspecified atom stereocenters. The molecule has 0 spiro atoms. The van der Waals surface area contributed by atoms with Crippen molar-refractivity contribution >= 4 is 23.2 Å².